The van der Waals surface area contributed by atoms with Crippen molar-refractivity contribution >= 4 is 41.5 Å². The maximum Gasteiger partial charge on any atom is 0.191 e. The highest BCUT2D eigenvalue weighted by molar-refractivity contribution is 14.0. The number of nitrogens with zero attached hydrogens (tertiary/aromatic N) is 1. The summed E-state index contributed by atoms with van der Waals surface area (Å²) < 4.78 is 0. The van der Waals surface area contributed by atoms with E-state index < -0.39 is 0 Å². The van der Waals surface area contributed by atoms with Gasteiger partial charge in [0.15, 0.2) is 5.96 Å². The Balaban J connectivity index is 0.00000289. The van der Waals surface area contributed by atoms with Gasteiger partial charge in [0.25, 0.3) is 0 Å². The fourth-order valence-electron chi connectivity index (χ4n) is 1.30. The molecule has 0 radical (unpaired) electrons. The minimum atomic E-state index is 0. The molecule has 18 heavy (non-hydrogen) atoms. The lowest BCUT2D eigenvalue weighted by molar-refractivity contribution is 0.860. The topological polar surface area (TPSA) is 36.4 Å². The second kappa shape index (κ2) is 10.2. The molecule has 0 aliphatic heterocycles. The van der Waals surface area contributed by atoms with Gasteiger partial charge in [0.05, 0.1) is 6.54 Å². The third-order valence-corrected chi connectivity index (χ3v) is 2.49. The molecule has 5 heteroatoms. The van der Waals surface area contributed by atoms with Gasteiger partial charge in [-0.05, 0) is 18.6 Å². The van der Waals surface area contributed by atoms with Crippen LogP contribution in [-0.2, 0) is 6.54 Å². The molecule has 0 amide bonds. The van der Waals surface area contributed by atoms with E-state index in [2.05, 4.69) is 22.2 Å². The van der Waals surface area contributed by atoms with Crippen molar-refractivity contribution in [3.05, 3.63) is 47.5 Å². The summed E-state index contributed by atoms with van der Waals surface area (Å²) in [7, 11) is 0. The molecule has 3 nitrogen and oxygen atoms in total. The maximum absolute atomic E-state index is 6.06. The summed E-state index contributed by atoms with van der Waals surface area (Å²) in [6.45, 7) is 7.76. The molecule has 0 heterocycles. The zero-order valence-electron chi connectivity index (χ0n) is 10.4. The largest absolute Gasteiger partial charge is 0.357 e. The van der Waals surface area contributed by atoms with E-state index in [0.717, 1.165) is 23.1 Å². The molecule has 0 saturated heterocycles. The SMILES string of the molecule is C=CCNC(=NCc1ccccc1Cl)NCC.I. The first-order valence-electron chi connectivity index (χ1n) is 5.64. The van der Waals surface area contributed by atoms with E-state index in [1.54, 1.807) is 6.08 Å². The summed E-state index contributed by atoms with van der Waals surface area (Å²) >= 11 is 6.06. The van der Waals surface area contributed by atoms with Crippen LogP contribution in [0, 0.1) is 0 Å². The summed E-state index contributed by atoms with van der Waals surface area (Å²) in [5.74, 6) is 0.771. The number of guanidine groups is 1. The summed E-state index contributed by atoms with van der Waals surface area (Å²) in [6, 6.07) is 7.72. The minimum Gasteiger partial charge on any atom is -0.357 e. The van der Waals surface area contributed by atoms with Crippen LogP contribution in [0.1, 0.15) is 12.5 Å². The van der Waals surface area contributed by atoms with Crippen molar-refractivity contribution in [2.45, 2.75) is 13.5 Å². The second-order valence-corrected chi connectivity index (χ2v) is 3.86. The van der Waals surface area contributed by atoms with Crippen LogP contribution in [0.4, 0.5) is 0 Å². The highest BCUT2D eigenvalue weighted by Crippen LogP contribution is 2.15. The van der Waals surface area contributed by atoms with Gasteiger partial charge in [-0.15, -0.1) is 30.6 Å². The summed E-state index contributed by atoms with van der Waals surface area (Å²) in [4.78, 5) is 4.44. The molecule has 1 aromatic carbocycles. The number of rotatable bonds is 5. The van der Waals surface area contributed by atoms with Gasteiger partial charge in [-0.3, -0.25) is 0 Å². The highest BCUT2D eigenvalue weighted by atomic mass is 127. The first-order chi connectivity index (χ1) is 8.27. The summed E-state index contributed by atoms with van der Waals surface area (Å²) in [5.41, 5.74) is 1.02. The van der Waals surface area contributed by atoms with Gasteiger partial charge >= 0.3 is 0 Å². The lowest BCUT2D eigenvalue weighted by atomic mass is 10.2. The Morgan fingerprint density at radius 1 is 1.39 bits per heavy atom. The zero-order valence-corrected chi connectivity index (χ0v) is 13.5. The van der Waals surface area contributed by atoms with Gasteiger partial charge < -0.3 is 10.6 Å². The van der Waals surface area contributed by atoms with Crippen molar-refractivity contribution < 1.29 is 0 Å². The fourth-order valence-corrected chi connectivity index (χ4v) is 1.50. The van der Waals surface area contributed by atoms with E-state index in [-0.39, 0.29) is 24.0 Å². The first-order valence-corrected chi connectivity index (χ1v) is 6.02. The van der Waals surface area contributed by atoms with Crippen molar-refractivity contribution in [3.8, 4) is 0 Å². The highest BCUT2D eigenvalue weighted by Gasteiger charge is 1.99. The Kier molecular flexibility index (Phi) is 9.77. The van der Waals surface area contributed by atoms with E-state index in [4.69, 9.17) is 11.6 Å². The van der Waals surface area contributed by atoms with Crippen molar-refractivity contribution in [1.29, 1.82) is 0 Å². The molecule has 0 fully saturated rings. The monoisotopic (exact) mass is 379 g/mol. The molecule has 0 saturated carbocycles. The molecule has 100 valence electrons. The molecule has 1 aromatic rings. The average Bonchev–Trinajstić information content (AvgIpc) is 2.34. The van der Waals surface area contributed by atoms with E-state index in [0.29, 0.717) is 13.1 Å². The number of nitrogens with one attached hydrogen (secondary N) is 2. The summed E-state index contributed by atoms with van der Waals surface area (Å²) in [5, 5.41) is 7.04. The molecule has 1 rings (SSSR count). The van der Waals surface area contributed by atoms with Crippen LogP contribution in [0.5, 0.6) is 0 Å². The molecular weight excluding hydrogens is 361 g/mol. The molecule has 0 bridgehead atoms. The Morgan fingerprint density at radius 3 is 2.72 bits per heavy atom. The second-order valence-electron chi connectivity index (χ2n) is 3.46. The van der Waals surface area contributed by atoms with Crippen LogP contribution in [0.3, 0.4) is 0 Å². The zero-order chi connectivity index (χ0) is 12.5. The van der Waals surface area contributed by atoms with Crippen LogP contribution >= 0.6 is 35.6 Å². The van der Waals surface area contributed by atoms with Gasteiger partial charge in [-0.1, -0.05) is 35.9 Å². The van der Waals surface area contributed by atoms with Gasteiger partial charge in [-0.2, -0.15) is 0 Å². The van der Waals surface area contributed by atoms with E-state index in [1.165, 1.54) is 0 Å². The predicted octanol–water partition coefficient (Wildman–Crippen LogP) is 3.20. The lowest BCUT2D eigenvalue weighted by Crippen LogP contribution is -2.37. The van der Waals surface area contributed by atoms with Crippen LogP contribution < -0.4 is 10.6 Å². The van der Waals surface area contributed by atoms with Crippen LogP contribution in [0.2, 0.25) is 5.02 Å². The van der Waals surface area contributed by atoms with Gasteiger partial charge in [0, 0.05) is 18.1 Å². The van der Waals surface area contributed by atoms with E-state index in [9.17, 15) is 0 Å². The Hall–Kier alpha value is -0.750. The number of halogens is 2. The van der Waals surface area contributed by atoms with Crippen LogP contribution in [-0.4, -0.2) is 19.0 Å². The molecular formula is C13H19ClIN3. The molecule has 0 aliphatic rings. The maximum atomic E-state index is 6.06. The number of hydrogen-bond acceptors (Lipinski definition) is 1. The molecule has 2 N–H and O–H groups in total. The Morgan fingerprint density at radius 2 is 2.11 bits per heavy atom. The fraction of sp³-hybridized carbons (Fsp3) is 0.308. The quantitative estimate of drug-likeness (QED) is 0.357. The Labute approximate surface area is 131 Å². The van der Waals surface area contributed by atoms with Gasteiger partial charge in [-0.25, -0.2) is 4.99 Å². The Bertz CT molecular complexity index is 394. The van der Waals surface area contributed by atoms with Crippen LogP contribution in [0.15, 0.2) is 41.9 Å². The van der Waals surface area contributed by atoms with E-state index >= 15 is 0 Å². The van der Waals surface area contributed by atoms with Gasteiger partial charge in [0.2, 0.25) is 0 Å². The van der Waals surface area contributed by atoms with Crippen molar-refractivity contribution in [2.24, 2.45) is 4.99 Å². The number of aliphatic imine (C=N–C) groups is 1. The lowest BCUT2D eigenvalue weighted by Gasteiger charge is -2.09. The van der Waals surface area contributed by atoms with Crippen molar-refractivity contribution in [3.63, 3.8) is 0 Å². The molecule has 0 aromatic heterocycles. The van der Waals surface area contributed by atoms with Crippen molar-refractivity contribution in [1.82, 2.24) is 10.6 Å². The minimum absolute atomic E-state index is 0. The molecule has 0 spiro atoms. The standard InChI is InChI=1S/C13H18ClN3.HI/c1-3-9-16-13(15-4-2)17-10-11-7-5-6-8-12(11)14;/h3,5-8H,1,4,9-10H2,2H3,(H2,15,16,17);1H. The molecule has 0 aliphatic carbocycles. The third-order valence-electron chi connectivity index (χ3n) is 2.12. The number of benzene rings is 1. The predicted molar refractivity (Wildman–Crippen MR) is 89.9 cm³/mol. The third kappa shape index (κ3) is 6.26. The average molecular weight is 380 g/mol. The normalized spacial score (nSPS) is 10.4. The molecule has 0 unspecified atom stereocenters. The van der Waals surface area contributed by atoms with Crippen molar-refractivity contribution in [2.75, 3.05) is 13.1 Å². The number of hydrogen-bond donors (Lipinski definition) is 2. The van der Waals surface area contributed by atoms with E-state index in [1.807, 2.05) is 31.2 Å². The first kappa shape index (κ1) is 17.2. The summed E-state index contributed by atoms with van der Waals surface area (Å²) in [6.07, 6.45) is 1.79. The molecule has 0 atom stereocenters. The van der Waals surface area contributed by atoms with Crippen LogP contribution in [0.25, 0.3) is 0 Å². The smallest absolute Gasteiger partial charge is 0.191 e. The van der Waals surface area contributed by atoms with Gasteiger partial charge in [0.1, 0.15) is 0 Å².